The molecule has 0 amide bonds. The molecule has 13 rings (SSSR count). The molecule has 0 aliphatic heterocycles. The van der Waals surface area contributed by atoms with Crippen LogP contribution in [0.4, 0.5) is 0 Å². The zero-order chi connectivity index (χ0) is 41.4. The monoisotopic (exact) mass is 804 g/mol. The van der Waals surface area contributed by atoms with Gasteiger partial charge in [-0.15, -0.1) is 0 Å². The molecule has 0 saturated carbocycles. The van der Waals surface area contributed by atoms with Crippen LogP contribution in [-0.4, -0.2) is 19.1 Å². The summed E-state index contributed by atoms with van der Waals surface area (Å²) in [6, 6.07) is 77.1. The van der Waals surface area contributed by atoms with Crippen LogP contribution in [0.3, 0.4) is 0 Å². The van der Waals surface area contributed by atoms with Crippen LogP contribution >= 0.6 is 0 Å². The molecule has 5 nitrogen and oxygen atoms in total. The third kappa shape index (κ3) is 5.57. The van der Waals surface area contributed by atoms with Gasteiger partial charge in [-0.1, -0.05) is 164 Å². The van der Waals surface area contributed by atoms with Crippen LogP contribution in [0.5, 0.6) is 0 Å². The van der Waals surface area contributed by atoms with E-state index >= 15 is 0 Å². The lowest BCUT2D eigenvalue weighted by atomic mass is 10.0. The molecule has 294 valence electrons. The number of aromatic nitrogens is 4. The first-order chi connectivity index (χ1) is 31.2. The van der Waals surface area contributed by atoms with E-state index in [0.717, 1.165) is 83.5 Å². The molecule has 4 aromatic heterocycles. The Hall–Kier alpha value is -8.54. The summed E-state index contributed by atoms with van der Waals surface area (Å²) in [5.74, 6) is 0.675. The molecule has 0 N–H and O–H groups in total. The van der Waals surface area contributed by atoms with Crippen LogP contribution in [0, 0.1) is 0 Å². The van der Waals surface area contributed by atoms with Gasteiger partial charge < -0.3 is 13.6 Å². The first-order valence-corrected chi connectivity index (χ1v) is 21.3. The zero-order valence-electron chi connectivity index (χ0n) is 34.0. The van der Waals surface area contributed by atoms with Gasteiger partial charge in [0.15, 0.2) is 11.4 Å². The Kier molecular flexibility index (Phi) is 7.84. The Balaban J connectivity index is 1.01. The lowest BCUT2D eigenvalue weighted by Crippen LogP contribution is -1.99. The van der Waals surface area contributed by atoms with Gasteiger partial charge in [0, 0.05) is 54.7 Å². The van der Waals surface area contributed by atoms with Gasteiger partial charge in [-0.2, -0.15) is 0 Å². The molecule has 0 unspecified atom stereocenters. The van der Waals surface area contributed by atoms with Gasteiger partial charge in [0.05, 0.1) is 39.1 Å². The molecule has 13 aromatic rings. The Morgan fingerprint density at radius 2 is 0.825 bits per heavy atom. The van der Waals surface area contributed by atoms with E-state index in [9.17, 15) is 0 Å². The average molecular weight is 805 g/mol. The van der Waals surface area contributed by atoms with Crippen molar-refractivity contribution in [3.05, 3.63) is 218 Å². The first-order valence-electron chi connectivity index (χ1n) is 21.3. The van der Waals surface area contributed by atoms with Crippen LogP contribution < -0.4 is 0 Å². The number of hydrogen-bond acceptors (Lipinski definition) is 3. The van der Waals surface area contributed by atoms with Crippen molar-refractivity contribution in [1.29, 1.82) is 0 Å². The normalized spacial score (nSPS) is 11.8. The number of benzene rings is 9. The maximum Gasteiger partial charge on any atom is 0.160 e. The van der Waals surface area contributed by atoms with Gasteiger partial charge in [-0.3, -0.25) is 0 Å². The van der Waals surface area contributed by atoms with E-state index in [1.807, 2.05) is 18.2 Å². The number of para-hydroxylation sites is 4. The van der Waals surface area contributed by atoms with Crippen LogP contribution in [0.15, 0.2) is 223 Å². The van der Waals surface area contributed by atoms with E-state index in [-0.39, 0.29) is 0 Å². The highest BCUT2D eigenvalue weighted by Crippen LogP contribution is 2.44. The second-order valence-electron chi connectivity index (χ2n) is 16.1. The summed E-state index contributed by atoms with van der Waals surface area (Å²) in [7, 11) is 0. The summed E-state index contributed by atoms with van der Waals surface area (Å²) in [4.78, 5) is 10.4. The molecular weight excluding hydrogens is 769 g/mol. The van der Waals surface area contributed by atoms with Crippen molar-refractivity contribution in [2.45, 2.75) is 0 Å². The summed E-state index contributed by atoms with van der Waals surface area (Å²) >= 11 is 0. The highest BCUT2D eigenvalue weighted by Gasteiger charge is 2.23. The van der Waals surface area contributed by atoms with Crippen molar-refractivity contribution in [3.8, 4) is 56.4 Å². The van der Waals surface area contributed by atoms with Crippen LogP contribution in [0.25, 0.3) is 122 Å². The Labute approximate surface area is 362 Å². The van der Waals surface area contributed by atoms with E-state index < -0.39 is 0 Å². The zero-order valence-corrected chi connectivity index (χ0v) is 34.0. The predicted molar refractivity (Wildman–Crippen MR) is 260 cm³/mol. The maximum absolute atomic E-state index is 6.70. The first kappa shape index (κ1) is 35.2. The van der Waals surface area contributed by atoms with Crippen molar-refractivity contribution < 1.29 is 4.42 Å². The van der Waals surface area contributed by atoms with Crippen LogP contribution in [-0.2, 0) is 0 Å². The van der Waals surface area contributed by atoms with Gasteiger partial charge in [-0.05, 0) is 65.7 Å². The quantitative estimate of drug-likeness (QED) is 0.168. The van der Waals surface area contributed by atoms with Crippen molar-refractivity contribution in [1.82, 2.24) is 19.1 Å². The minimum atomic E-state index is 0.675. The minimum absolute atomic E-state index is 0.675. The Morgan fingerprint density at radius 1 is 0.333 bits per heavy atom. The SMILES string of the molecule is c1ccc(-c2ccc(-c3cc(-c4ccccc4)nc(-c4ccc(-n5c6ccccc6c6ccc7c8ccccc8n(-c8cccc9c8oc8ccccc89)c7c65)cc4)n3)cc2)cc1. The van der Waals surface area contributed by atoms with E-state index in [1.54, 1.807) is 0 Å². The van der Waals surface area contributed by atoms with Gasteiger partial charge in [0.25, 0.3) is 0 Å². The molecule has 63 heavy (non-hydrogen) atoms. The van der Waals surface area contributed by atoms with Gasteiger partial charge >= 0.3 is 0 Å². The molecule has 0 atom stereocenters. The lowest BCUT2D eigenvalue weighted by Gasteiger charge is -2.14. The molecule has 4 heterocycles. The molecular formula is C58H36N4O. The molecule has 0 fully saturated rings. The van der Waals surface area contributed by atoms with Crippen molar-refractivity contribution in [2.75, 3.05) is 0 Å². The molecule has 0 aliphatic carbocycles. The predicted octanol–water partition coefficient (Wildman–Crippen LogP) is 15.2. The largest absolute Gasteiger partial charge is 0.454 e. The van der Waals surface area contributed by atoms with Crippen molar-refractivity contribution in [3.63, 3.8) is 0 Å². The second kappa shape index (κ2) is 14.0. The molecule has 9 aromatic carbocycles. The molecule has 0 spiro atoms. The number of hydrogen-bond donors (Lipinski definition) is 0. The summed E-state index contributed by atoms with van der Waals surface area (Å²) in [5, 5.41) is 6.96. The summed E-state index contributed by atoms with van der Waals surface area (Å²) in [5.41, 5.74) is 15.5. The molecule has 5 heteroatoms. The van der Waals surface area contributed by atoms with Crippen molar-refractivity contribution in [2.24, 2.45) is 0 Å². The molecule has 0 radical (unpaired) electrons. The van der Waals surface area contributed by atoms with E-state index in [0.29, 0.717) is 5.82 Å². The minimum Gasteiger partial charge on any atom is -0.454 e. The fourth-order valence-corrected chi connectivity index (χ4v) is 9.63. The highest BCUT2D eigenvalue weighted by molar-refractivity contribution is 6.24. The standard InChI is InChI=1S/C58H36N4O/c1-3-14-37(15-4-1)38-26-28-40(29-27-38)50-36-49(39-16-5-2-6-17-39)59-58(60-50)41-30-32-42(33-31-41)61-51-22-10-7-18-43(51)46-34-35-47-44-19-8-11-23-52(44)62(56(47)55(46)61)53-24-13-21-48-45-20-9-12-25-54(45)63-57(48)53/h1-36H. The van der Waals surface area contributed by atoms with E-state index in [4.69, 9.17) is 14.4 Å². The van der Waals surface area contributed by atoms with Crippen molar-refractivity contribution >= 4 is 65.6 Å². The highest BCUT2D eigenvalue weighted by atomic mass is 16.3. The molecule has 0 bridgehead atoms. The fraction of sp³-hybridized carbons (Fsp3) is 0. The number of furan rings is 1. The Bertz CT molecular complexity index is 3880. The number of nitrogens with zero attached hydrogens (tertiary/aromatic N) is 4. The third-order valence-electron chi connectivity index (χ3n) is 12.6. The average Bonchev–Trinajstić information content (AvgIpc) is 4.03. The topological polar surface area (TPSA) is 48.8 Å². The summed E-state index contributed by atoms with van der Waals surface area (Å²) < 4.78 is 11.5. The van der Waals surface area contributed by atoms with Crippen LogP contribution in [0.2, 0.25) is 0 Å². The number of rotatable bonds is 6. The third-order valence-corrected chi connectivity index (χ3v) is 12.6. The van der Waals surface area contributed by atoms with E-state index in [2.05, 4.69) is 209 Å². The summed E-state index contributed by atoms with van der Waals surface area (Å²) in [6.45, 7) is 0. The van der Waals surface area contributed by atoms with Gasteiger partial charge in [0.1, 0.15) is 5.58 Å². The van der Waals surface area contributed by atoms with E-state index in [1.165, 1.54) is 32.7 Å². The summed E-state index contributed by atoms with van der Waals surface area (Å²) in [6.07, 6.45) is 0. The fourth-order valence-electron chi connectivity index (χ4n) is 9.63. The van der Waals surface area contributed by atoms with Crippen LogP contribution in [0.1, 0.15) is 0 Å². The second-order valence-corrected chi connectivity index (χ2v) is 16.1. The Morgan fingerprint density at radius 3 is 1.51 bits per heavy atom. The smallest absolute Gasteiger partial charge is 0.160 e. The molecule has 0 saturated heterocycles. The van der Waals surface area contributed by atoms with Gasteiger partial charge in [-0.25, -0.2) is 9.97 Å². The number of fused-ring (bicyclic) bond motifs is 10. The lowest BCUT2D eigenvalue weighted by molar-refractivity contribution is 0.666. The van der Waals surface area contributed by atoms with Gasteiger partial charge in [0.2, 0.25) is 0 Å². The molecule has 0 aliphatic rings. The maximum atomic E-state index is 6.70.